The molecule has 3 aromatic rings. The lowest BCUT2D eigenvalue weighted by atomic mass is 10.0. The molecule has 1 heterocycles. The van der Waals surface area contributed by atoms with Crippen LogP contribution < -0.4 is 21.9 Å². The van der Waals surface area contributed by atoms with Crippen LogP contribution in [0.15, 0.2) is 59.4 Å². The predicted molar refractivity (Wildman–Crippen MR) is 127 cm³/mol. The number of benzene rings is 2. The van der Waals surface area contributed by atoms with Crippen molar-refractivity contribution < 1.29 is 14.7 Å². The van der Waals surface area contributed by atoms with Crippen molar-refractivity contribution >= 4 is 45.4 Å². The Kier molecular flexibility index (Phi) is 8.29. The van der Waals surface area contributed by atoms with Crippen molar-refractivity contribution in [2.75, 3.05) is 12.3 Å². The van der Waals surface area contributed by atoms with Gasteiger partial charge in [-0.3, -0.25) is 14.9 Å². The number of aromatic nitrogens is 1. The second kappa shape index (κ2) is 11.1. The first-order valence-electron chi connectivity index (χ1n) is 9.84. The highest BCUT2D eigenvalue weighted by molar-refractivity contribution is 8.13. The molecule has 0 aliphatic rings. The summed E-state index contributed by atoms with van der Waals surface area (Å²) >= 11 is 6.92. The zero-order valence-corrected chi connectivity index (χ0v) is 18.6. The number of carbonyl (C=O) groups excluding carboxylic acids is 2. The fourth-order valence-corrected chi connectivity index (χ4v) is 4.12. The second-order valence-electron chi connectivity index (χ2n) is 7.04. The maximum absolute atomic E-state index is 13.0. The molecular weight excluding hydrogens is 452 g/mol. The van der Waals surface area contributed by atoms with E-state index in [2.05, 4.69) is 15.6 Å². The van der Waals surface area contributed by atoms with Crippen molar-refractivity contribution in [3.8, 4) is 0 Å². The largest absolute Gasteiger partial charge is 0.374 e. The molecule has 0 fully saturated rings. The smallest absolute Gasteiger partial charge is 0.312 e. The van der Waals surface area contributed by atoms with E-state index in [9.17, 15) is 19.5 Å². The predicted octanol–water partition coefficient (Wildman–Crippen LogP) is 2.30. The average molecular weight is 475 g/mol. The van der Waals surface area contributed by atoms with Crippen LogP contribution in [0.5, 0.6) is 0 Å². The number of thioether (sulfide) groups is 1. The van der Waals surface area contributed by atoms with Gasteiger partial charge in [-0.2, -0.15) is 0 Å². The molecule has 2 unspecified atom stereocenters. The van der Waals surface area contributed by atoms with Crippen LogP contribution in [0.1, 0.15) is 17.4 Å². The van der Waals surface area contributed by atoms with E-state index in [0.29, 0.717) is 27.4 Å². The number of aliphatic hydroxyl groups is 1. The first kappa shape index (κ1) is 23.8. The molecule has 32 heavy (non-hydrogen) atoms. The summed E-state index contributed by atoms with van der Waals surface area (Å²) in [7, 11) is 0. The molecule has 2 atom stereocenters. The number of nitrogens with two attached hydrogens (primary N) is 1. The molecule has 2 amide bonds. The number of halogens is 1. The number of H-pyrrole nitrogens is 1. The number of rotatable bonds is 9. The summed E-state index contributed by atoms with van der Waals surface area (Å²) < 4.78 is 0. The molecule has 3 rings (SSSR count). The summed E-state index contributed by atoms with van der Waals surface area (Å²) in [4.78, 5) is 38.7. The van der Waals surface area contributed by atoms with Crippen molar-refractivity contribution in [3.63, 3.8) is 0 Å². The Morgan fingerprint density at radius 3 is 2.59 bits per heavy atom. The van der Waals surface area contributed by atoms with Gasteiger partial charge in [-0.05, 0) is 35.7 Å². The molecular formula is C22H23ClN4O4S. The van der Waals surface area contributed by atoms with E-state index in [0.717, 1.165) is 17.1 Å². The third-order valence-electron chi connectivity index (χ3n) is 4.74. The lowest BCUT2D eigenvalue weighted by Crippen LogP contribution is -2.40. The lowest BCUT2D eigenvalue weighted by molar-refractivity contribution is -0.113. The van der Waals surface area contributed by atoms with E-state index in [4.69, 9.17) is 17.3 Å². The van der Waals surface area contributed by atoms with Gasteiger partial charge in [-0.15, -0.1) is 0 Å². The summed E-state index contributed by atoms with van der Waals surface area (Å²) in [6.45, 7) is 0.228. The van der Waals surface area contributed by atoms with Crippen LogP contribution in [-0.2, 0) is 11.2 Å². The number of amides is 2. The van der Waals surface area contributed by atoms with Gasteiger partial charge < -0.3 is 21.1 Å². The molecule has 0 radical (unpaired) electrons. The molecule has 1 aromatic heterocycles. The van der Waals surface area contributed by atoms with Crippen LogP contribution in [0.3, 0.4) is 0 Å². The number of hydrogen-bond acceptors (Lipinski definition) is 6. The monoisotopic (exact) mass is 474 g/mol. The summed E-state index contributed by atoms with van der Waals surface area (Å²) in [5.41, 5.74) is 6.66. The quantitative estimate of drug-likeness (QED) is 0.238. The molecule has 10 heteroatoms. The van der Waals surface area contributed by atoms with E-state index in [1.807, 2.05) is 18.2 Å². The summed E-state index contributed by atoms with van der Waals surface area (Å²) in [5, 5.41) is 17.1. The minimum absolute atomic E-state index is 0.185. The summed E-state index contributed by atoms with van der Waals surface area (Å²) in [5.74, 6) is 0.313. The Hall–Kier alpha value is -2.85. The Morgan fingerprint density at radius 2 is 1.88 bits per heavy atom. The highest BCUT2D eigenvalue weighted by atomic mass is 35.5. The Balaban J connectivity index is 1.83. The van der Waals surface area contributed by atoms with E-state index < -0.39 is 18.3 Å². The fraction of sp³-hybridized carbons (Fsp3) is 0.227. The Morgan fingerprint density at radius 1 is 1.16 bits per heavy atom. The molecule has 2 aromatic carbocycles. The number of pyridine rings is 1. The van der Waals surface area contributed by atoms with Gasteiger partial charge in [0.25, 0.3) is 0 Å². The fourth-order valence-electron chi connectivity index (χ4n) is 3.23. The molecule has 0 aliphatic heterocycles. The molecule has 0 saturated carbocycles. The molecule has 0 aliphatic carbocycles. The normalized spacial score (nSPS) is 12.9. The van der Waals surface area contributed by atoms with Crippen molar-refractivity contribution in [2.45, 2.75) is 18.7 Å². The van der Waals surface area contributed by atoms with Gasteiger partial charge in [0.2, 0.25) is 10.7 Å². The number of nitrogens with one attached hydrogen (secondary N) is 3. The maximum Gasteiger partial charge on any atom is 0.312 e. The van der Waals surface area contributed by atoms with Crippen molar-refractivity contribution in [1.82, 2.24) is 15.6 Å². The number of aliphatic hydroxyl groups excluding tert-OH is 1. The van der Waals surface area contributed by atoms with Crippen LogP contribution in [0.4, 0.5) is 4.79 Å². The molecule has 8 nitrogen and oxygen atoms in total. The number of fused-ring (bicyclic) bond motifs is 1. The van der Waals surface area contributed by atoms with Gasteiger partial charge >= 0.3 is 6.03 Å². The molecule has 0 bridgehead atoms. The van der Waals surface area contributed by atoms with Gasteiger partial charge in [-0.1, -0.05) is 53.7 Å². The van der Waals surface area contributed by atoms with Crippen molar-refractivity contribution in [3.05, 3.63) is 81.1 Å². The number of para-hydroxylation sites is 1. The maximum atomic E-state index is 13.0. The van der Waals surface area contributed by atoms with Gasteiger partial charge in [0.1, 0.15) is 6.23 Å². The zero-order chi connectivity index (χ0) is 23.1. The molecule has 168 valence electrons. The average Bonchev–Trinajstić information content (AvgIpc) is 2.76. The second-order valence-corrected chi connectivity index (χ2v) is 8.58. The number of hydrogen-bond donors (Lipinski definition) is 5. The van der Waals surface area contributed by atoms with E-state index in [1.165, 1.54) is 6.07 Å². The number of aromatic amines is 1. The third kappa shape index (κ3) is 6.57. The summed E-state index contributed by atoms with van der Waals surface area (Å²) in [6, 6.07) is 13.9. The number of primary amides is 1. The van der Waals surface area contributed by atoms with Crippen LogP contribution in [0, 0.1) is 0 Å². The van der Waals surface area contributed by atoms with Gasteiger partial charge in [0.15, 0.2) is 0 Å². The Labute approximate surface area is 193 Å². The molecule has 0 spiro atoms. The molecule has 6 N–H and O–H groups in total. The number of carbonyl (C=O) groups is 2. The first-order valence-corrected chi connectivity index (χ1v) is 11.2. The first-order chi connectivity index (χ1) is 15.3. The molecule has 0 saturated heterocycles. The van der Waals surface area contributed by atoms with Crippen LogP contribution in [0.25, 0.3) is 10.9 Å². The van der Waals surface area contributed by atoms with Crippen LogP contribution >= 0.6 is 23.4 Å². The minimum Gasteiger partial charge on any atom is -0.374 e. The van der Waals surface area contributed by atoms with Crippen LogP contribution in [-0.4, -0.2) is 39.6 Å². The highest BCUT2D eigenvalue weighted by Crippen LogP contribution is 2.21. The zero-order valence-electron chi connectivity index (χ0n) is 17.0. The van der Waals surface area contributed by atoms with Crippen LogP contribution in [0.2, 0.25) is 5.02 Å². The van der Waals surface area contributed by atoms with E-state index >= 15 is 0 Å². The van der Waals surface area contributed by atoms with Crippen molar-refractivity contribution in [2.24, 2.45) is 5.73 Å². The van der Waals surface area contributed by atoms with Crippen molar-refractivity contribution in [1.29, 1.82) is 0 Å². The van der Waals surface area contributed by atoms with Gasteiger partial charge in [0.05, 0.1) is 6.04 Å². The van der Waals surface area contributed by atoms with E-state index in [1.54, 1.807) is 30.3 Å². The Bertz CT molecular complexity index is 1150. The minimum atomic E-state index is -1.13. The lowest BCUT2D eigenvalue weighted by Gasteiger charge is -2.22. The van der Waals surface area contributed by atoms with E-state index in [-0.39, 0.29) is 23.6 Å². The highest BCUT2D eigenvalue weighted by Gasteiger charge is 2.24. The number of urea groups is 1. The standard InChI is InChI=1S/C22H23ClN4O4S/c23-15-7-5-13(6-8-15)20(29)27-18(21(30)32-10-9-25-22(24)31)11-14-12-19(28)26-17-4-2-1-3-16(14)17/h1-8,12,18,20,27,29H,9-11H2,(H,26,28)(H3,24,25,31). The van der Waals surface area contributed by atoms with Gasteiger partial charge in [-0.25, -0.2) is 4.79 Å². The summed E-state index contributed by atoms with van der Waals surface area (Å²) in [6.07, 6.45) is -0.941. The third-order valence-corrected chi connectivity index (χ3v) is 5.96. The SMILES string of the molecule is NC(=O)NCCSC(=O)C(Cc1cc(=O)[nH]c2ccccc12)NC(O)c1ccc(Cl)cc1. The van der Waals surface area contributed by atoms with Gasteiger partial charge in [0, 0.05) is 34.3 Å². The topological polar surface area (TPSA) is 137 Å².